The highest BCUT2D eigenvalue weighted by molar-refractivity contribution is 5.07. The molecule has 1 fully saturated rings. The van der Waals surface area contributed by atoms with Gasteiger partial charge in [-0.05, 0) is 46.0 Å². The van der Waals surface area contributed by atoms with Gasteiger partial charge < -0.3 is 14.2 Å². The standard InChI is InChI=1S/C16H28O3/c1-4-12-16(18-5-2,19-6-3)13-14-17-15-10-8-7-9-11-15/h15H,4-12H2,1-3H3. The Morgan fingerprint density at radius 2 is 1.63 bits per heavy atom. The molecular formula is C16H28O3. The first-order valence-electron chi connectivity index (χ1n) is 7.72. The zero-order chi connectivity index (χ0) is 14.0. The van der Waals surface area contributed by atoms with Gasteiger partial charge in [-0.1, -0.05) is 13.3 Å². The van der Waals surface area contributed by atoms with Gasteiger partial charge in [-0.15, -0.1) is 0 Å². The molecule has 0 heterocycles. The second-order valence-electron chi connectivity index (χ2n) is 4.97. The molecule has 1 rings (SSSR count). The molecular weight excluding hydrogens is 240 g/mol. The highest BCUT2D eigenvalue weighted by Gasteiger charge is 2.28. The predicted molar refractivity (Wildman–Crippen MR) is 76.6 cm³/mol. The molecule has 1 aliphatic rings. The molecule has 0 saturated heterocycles. The summed E-state index contributed by atoms with van der Waals surface area (Å²) in [4.78, 5) is 0. The van der Waals surface area contributed by atoms with Crippen LogP contribution in [0.3, 0.4) is 0 Å². The normalized spacial score (nSPS) is 16.8. The summed E-state index contributed by atoms with van der Waals surface area (Å²) in [5.41, 5.74) is 0. The minimum atomic E-state index is -0.785. The van der Waals surface area contributed by atoms with E-state index in [1.165, 1.54) is 19.3 Å². The van der Waals surface area contributed by atoms with Crippen molar-refractivity contribution in [3.05, 3.63) is 0 Å². The molecule has 1 saturated carbocycles. The van der Waals surface area contributed by atoms with Crippen LogP contribution < -0.4 is 0 Å². The van der Waals surface area contributed by atoms with Crippen LogP contribution in [0.2, 0.25) is 0 Å². The number of hydrogen-bond acceptors (Lipinski definition) is 3. The third kappa shape index (κ3) is 5.84. The molecule has 3 nitrogen and oxygen atoms in total. The van der Waals surface area contributed by atoms with Crippen molar-refractivity contribution in [3.63, 3.8) is 0 Å². The zero-order valence-corrected chi connectivity index (χ0v) is 12.7. The number of hydrogen-bond donors (Lipinski definition) is 0. The number of ether oxygens (including phenoxy) is 3. The molecule has 0 atom stereocenters. The van der Waals surface area contributed by atoms with E-state index in [0.717, 1.165) is 25.7 Å². The van der Waals surface area contributed by atoms with Crippen LogP contribution in [0.1, 0.15) is 65.7 Å². The van der Waals surface area contributed by atoms with Crippen LogP contribution in [0.15, 0.2) is 0 Å². The quantitative estimate of drug-likeness (QED) is 0.518. The van der Waals surface area contributed by atoms with Gasteiger partial charge in [0.05, 0.1) is 0 Å². The van der Waals surface area contributed by atoms with Gasteiger partial charge in [0, 0.05) is 25.6 Å². The average molecular weight is 268 g/mol. The van der Waals surface area contributed by atoms with Gasteiger partial charge in [0.15, 0.2) is 0 Å². The van der Waals surface area contributed by atoms with Crippen molar-refractivity contribution in [1.82, 2.24) is 0 Å². The molecule has 0 bridgehead atoms. The van der Waals surface area contributed by atoms with E-state index in [2.05, 4.69) is 19.0 Å². The summed E-state index contributed by atoms with van der Waals surface area (Å²) >= 11 is 0. The van der Waals surface area contributed by atoms with Crippen LogP contribution in [0.5, 0.6) is 0 Å². The lowest BCUT2D eigenvalue weighted by molar-refractivity contribution is -0.196. The van der Waals surface area contributed by atoms with E-state index in [1.54, 1.807) is 0 Å². The minimum Gasteiger partial charge on any atom is -0.443 e. The molecule has 0 aliphatic heterocycles. The summed E-state index contributed by atoms with van der Waals surface area (Å²) in [6.45, 7) is 7.23. The Morgan fingerprint density at radius 1 is 1.00 bits per heavy atom. The first-order valence-corrected chi connectivity index (χ1v) is 7.72. The van der Waals surface area contributed by atoms with E-state index in [9.17, 15) is 0 Å². The Balaban J connectivity index is 2.58. The smallest absolute Gasteiger partial charge is 0.236 e. The van der Waals surface area contributed by atoms with Gasteiger partial charge in [0.2, 0.25) is 5.79 Å². The highest BCUT2D eigenvalue weighted by Crippen LogP contribution is 2.21. The molecule has 0 aromatic heterocycles. The van der Waals surface area contributed by atoms with Gasteiger partial charge >= 0.3 is 0 Å². The van der Waals surface area contributed by atoms with E-state index < -0.39 is 5.79 Å². The third-order valence-corrected chi connectivity index (χ3v) is 3.35. The van der Waals surface area contributed by atoms with E-state index >= 15 is 0 Å². The molecule has 0 aromatic carbocycles. The second-order valence-corrected chi connectivity index (χ2v) is 4.97. The SMILES string of the molecule is CCCC(C#COC1CCCCC1)(OCC)OCC. The molecule has 110 valence electrons. The molecule has 0 amide bonds. The number of rotatable bonds is 7. The Morgan fingerprint density at radius 3 is 2.16 bits per heavy atom. The first-order chi connectivity index (χ1) is 9.26. The maximum atomic E-state index is 5.72. The van der Waals surface area contributed by atoms with Crippen LogP contribution >= 0.6 is 0 Å². The fourth-order valence-electron chi connectivity index (χ4n) is 2.49. The van der Waals surface area contributed by atoms with Crippen molar-refractivity contribution in [1.29, 1.82) is 0 Å². The minimum absolute atomic E-state index is 0.295. The Kier molecular flexibility index (Phi) is 7.93. The molecule has 0 radical (unpaired) electrons. The maximum absolute atomic E-state index is 5.72. The van der Waals surface area contributed by atoms with Gasteiger partial charge in [-0.25, -0.2) is 0 Å². The largest absolute Gasteiger partial charge is 0.443 e. The van der Waals surface area contributed by atoms with Gasteiger partial charge in [0.1, 0.15) is 12.2 Å². The average Bonchev–Trinajstić information content (AvgIpc) is 2.41. The van der Waals surface area contributed by atoms with Crippen molar-refractivity contribution >= 4 is 0 Å². The lowest BCUT2D eigenvalue weighted by Gasteiger charge is -2.27. The van der Waals surface area contributed by atoms with Crippen molar-refractivity contribution in [2.75, 3.05) is 13.2 Å². The summed E-state index contributed by atoms with van der Waals surface area (Å²) in [5, 5.41) is 0. The summed E-state index contributed by atoms with van der Waals surface area (Å²) in [6.07, 6.45) is 11.0. The van der Waals surface area contributed by atoms with Crippen molar-refractivity contribution in [3.8, 4) is 12.0 Å². The molecule has 19 heavy (non-hydrogen) atoms. The van der Waals surface area contributed by atoms with Crippen molar-refractivity contribution in [2.45, 2.75) is 77.6 Å². The molecule has 1 aliphatic carbocycles. The molecule has 0 spiro atoms. The van der Waals surface area contributed by atoms with Crippen molar-refractivity contribution < 1.29 is 14.2 Å². The molecule has 3 heteroatoms. The summed E-state index contributed by atoms with van der Waals surface area (Å²) in [7, 11) is 0. The van der Waals surface area contributed by atoms with Crippen LogP contribution in [-0.2, 0) is 14.2 Å². The Bertz CT molecular complexity index is 267. The van der Waals surface area contributed by atoms with E-state index in [0.29, 0.717) is 19.3 Å². The summed E-state index contributed by atoms with van der Waals surface area (Å²) < 4.78 is 17.1. The van der Waals surface area contributed by atoms with Crippen LogP contribution in [-0.4, -0.2) is 25.1 Å². The highest BCUT2D eigenvalue weighted by atomic mass is 16.7. The topological polar surface area (TPSA) is 27.7 Å². The fourth-order valence-corrected chi connectivity index (χ4v) is 2.49. The van der Waals surface area contributed by atoms with Gasteiger partial charge in [-0.2, -0.15) is 0 Å². The van der Waals surface area contributed by atoms with Crippen LogP contribution in [0.4, 0.5) is 0 Å². The monoisotopic (exact) mass is 268 g/mol. The summed E-state index contributed by atoms with van der Waals surface area (Å²) in [6, 6.07) is 0. The lowest BCUT2D eigenvalue weighted by Crippen LogP contribution is -2.34. The van der Waals surface area contributed by atoms with Gasteiger partial charge in [-0.3, -0.25) is 0 Å². The Labute approximate surface area is 118 Å². The van der Waals surface area contributed by atoms with Crippen LogP contribution in [0, 0.1) is 12.0 Å². The summed E-state index contributed by atoms with van der Waals surface area (Å²) in [5.74, 6) is 2.28. The Hall–Kier alpha value is -0.720. The van der Waals surface area contributed by atoms with E-state index in [-0.39, 0.29) is 0 Å². The first kappa shape index (κ1) is 16.3. The predicted octanol–water partition coefficient (Wildman–Crippen LogP) is 3.87. The van der Waals surface area contributed by atoms with E-state index in [1.807, 2.05) is 13.8 Å². The fraction of sp³-hybridized carbons (Fsp3) is 0.875. The lowest BCUT2D eigenvalue weighted by atomic mass is 9.98. The van der Waals surface area contributed by atoms with Crippen molar-refractivity contribution in [2.24, 2.45) is 0 Å². The van der Waals surface area contributed by atoms with Gasteiger partial charge in [0.25, 0.3) is 0 Å². The molecule has 0 unspecified atom stereocenters. The maximum Gasteiger partial charge on any atom is 0.236 e. The van der Waals surface area contributed by atoms with E-state index in [4.69, 9.17) is 14.2 Å². The molecule has 0 N–H and O–H groups in total. The third-order valence-electron chi connectivity index (χ3n) is 3.35. The zero-order valence-electron chi connectivity index (χ0n) is 12.7. The molecule has 0 aromatic rings. The second kappa shape index (κ2) is 9.23. The van der Waals surface area contributed by atoms with Crippen LogP contribution in [0.25, 0.3) is 0 Å².